The summed E-state index contributed by atoms with van der Waals surface area (Å²) >= 11 is 7.54. The molecule has 0 aliphatic carbocycles. The molecule has 0 aliphatic heterocycles. The van der Waals surface area contributed by atoms with Crippen LogP contribution in [-0.4, -0.2) is 25.0 Å². The van der Waals surface area contributed by atoms with E-state index in [1.807, 2.05) is 25.1 Å². The number of fused-ring (bicyclic) bond motifs is 1. The van der Waals surface area contributed by atoms with Gasteiger partial charge in [0.05, 0.1) is 5.39 Å². The van der Waals surface area contributed by atoms with Crippen LogP contribution in [0.15, 0.2) is 46.1 Å². The maximum absolute atomic E-state index is 12.7. The molecule has 0 aliphatic rings. The van der Waals surface area contributed by atoms with Gasteiger partial charge in [0.15, 0.2) is 5.13 Å². The molecule has 10 heteroatoms. The quantitative estimate of drug-likeness (QED) is 0.510. The Morgan fingerprint density at radius 2 is 1.94 bits per heavy atom. The predicted octanol–water partition coefficient (Wildman–Crippen LogP) is 2.89. The smallest absolute Gasteiger partial charge is 0.296 e. The van der Waals surface area contributed by atoms with Crippen molar-refractivity contribution in [3.05, 3.63) is 84.1 Å². The first kappa shape index (κ1) is 21.0. The van der Waals surface area contributed by atoms with E-state index in [1.54, 1.807) is 6.20 Å². The molecular weight excluding hydrogens is 438 g/mol. The molecule has 0 saturated carbocycles. The van der Waals surface area contributed by atoms with Gasteiger partial charge in [0.25, 0.3) is 11.5 Å². The zero-order valence-electron chi connectivity index (χ0n) is 17.0. The number of aryl methyl sites for hydroxylation is 2. The van der Waals surface area contributed by atoms with Crippen LogP contribution < -0.4 is 16.6 Å². The van der Waals surface area contributed by atoms with E-state index in [4.69, 9.17) is 11.6 Å². The third kappa shape index (κ3) is 4.01. The van der Waals surface area contributed by atoms with Crippen LogP contribution in [0.3, 0.4) is 0 Å². The molecule has 4 aromatic rings. The molecular formula is C21H18ClN5O3S. The second-order valence-corrected chi connectivity index (χ2v) is 8.64. The standard InChI is InChI=1S/C21H18ClN5O3S/c1-11-4-5-12(9-15(11)22)8-13-10-23-20(31-13)25-18(28)16-7-6-14-17(24-16)26(2)21(30)27(3)19(14)29/h4-7,9-10H,8H2,1-3H3,(H,23,25,28). The maximum Gasteiger partial charge on any atom is 0.332 e. The Bertz CT molecular complexity index is 1450. The van der Waals surface area contributed by atoms with Crippen LogP contribution in [-0.2, 0) is 20.5 Å². The fourth-order valence-electron chi connectivity index (χ4n) is 3.14. The van der Waals surface area contributed by atoms with E-state index in [2.05, 4.69) is 15.3 Å². The molecule has 0 fully saturated rings. The van der Waals surface area contributed by atoms with Crippen molar-refractivity contribution >= 4 is 45.0 Å². The zero-order chi connectivity index (χ0) is 22.3. The highest BCUT2D eigenvalue weighted by Crippen LogP contribution is 2.24. The van der Waals surface area contributed by atoms with E-state index in [0.717, 1.165) is 20.6 Å². The molecule has 0 spiro atoms. The minimum atomic E-state index is -0.511. The topological polar surface area (TPSA) is 98.9 Å². The number of halogens is 1. The first-order valence-corrected chi connectivity index (χ1v) is 10.5. The number of aromatic nitrogens is 4. The number of rotatable bonds is 4. The van der Waals surface area contributed by atoms with Crippen molar-refractivity contribution in [2.45, 2.75) is 13.3 Å². The molecule has 158 valence electrons. The van der Waals surface area contributed by atoms with Crippen LogP contribution in [0, 0.1) is 6.92 Å². The normalized spacial score (nSPS) is 11.1. The molecule has 0 unspecified atom stereocenters. The summed E-state index contributed by atoms with van der Waals surface area (Å²) in [7, 11) is 2.90. The van der Waals surface area contributed by atoms with Crippen LogP contribution in [0.25, 0.3) is 11.0 Å². The third-order valence-corrected chi connectivity index (χ3v) is 6.24. The Morgan fingerprint density at radius 1 is 1.16 bits per heavy atom. The fourth-order valence-corrected chi connectivity index (χ4v) is 4.18. The Kier molecular flexibility index (Phi) is 5.47. The Hall–Kier alpha value is -3.30. The van der Waals surface area contributed by atoms with Gasteiger partial charge in [0.1, 0.15) is 11.3 Å². The van der Waals surface area contributed by atoms with Gasteiger partial charge in [-0.05, 0) is 36.2 Å². The summed E-state index contributed by atoms with van der Waals surface area (Å²) in [6, 6.07) is 8.84. The predicted molar refractivity (Wildman–Crippen MR) is 121 cm³/mol. The highest BCUT2D eigenvalue weighted by atomic mass is 35.5. The molecule has 0 atom stereocenters. The molecule has 1 amide bonds. The lowest BCUT2D eigenvalue weighted by atomic mass is 10.1. The Labute approximate surface area is 185 Å². The summed E-state index contributed by atoms with van der Waals surface area (Å²) in [4.78, 5) is 46.5. The van der Waals surface area contributed by atoms with Crippen molar-refractivity contribution in [2.24, 2.45) is 14.1 Å². The van der Waals surface area contributed by atoms with E-state index in [1.165, 1.54) is 42.1 Å². The number of benzene rings is 1. The molecule has 3 aromatic heterocycles. The molecule has 0 bridgehead atoms. The number of hydrogen-bond donors (Lipinski definition) is 1. The molecule has 1 aromatic carbocycles. The van der Waals surface area contributed by atoms with Crippen LogP contribution >= 0.6 is 22.9 Å². The Morgan fingerprint density at radius 3 is 2.68 bits per heavy atom. The van der Waals surface area contributed by atoms with Gasteiger partial charge >= 0.3 is 5.69 Å². The van der Waals surface area contributed by atoms with E-state index in [-0.39, 0.29) is 16.7 Å². The number of amides is 1. The molecule has 0 radical (unpaired) electrons. The maximum atomic E-state index is 12.7. The lowest BCUT2D eigenvalue weighted by molar-refractivity contribution is 0.102. The fraction of sp³-hybridized carbons (Fsp3) is 0.190. The molecule has 0 saturated heterocycles. The number of anilines is 1. The number of thiazole rings is 1. The van der Waals surface area contributed by atoms with E-state index in [0.29, 0.717) is 16.6 Å². The number of carbonyl (C=O) groups excluding carboxylic acids is 1. The zero-order valence-corrected chi connectivity index (χ0v) is 18.5. The van der Waals surface area contributed by atoms with Gasteiger partial charge in [0, 0.05) is 36.6 Å². The van der Waals surface area contributed by atoms with Gasteiger partial charge in [-0.2, -0.15) is 0 Å². The monoisotopic (exact) mass is 455 g/mol. The number of nitrogens with zero attached hydrogens (tertiary/aromatic N) is 4. The van der Waals surface area contributed by atoms with E-state index in [9.17, 15) is 14.4 Å². The van der Waals surface area contributed by atoms with Crippen LogP contribution in [0.4, 0.5) is 5.13 Å². The van der Waals surface area contributed by atoms with E-state index >= 15 is 0 Å². The largest absolute Gasteiger partial charge is 0.332 e. The summed E-state index contributed by atoms with van der Waals surface area (Å²) in [6.45, 7) is 1.95. The SMILES string of the molecule is Cc1ccc(Cc2cnc(NC(=O)c3ccc4c(=O)n(C)c(=O)n(C)c4n3)s2)cc1Cl. The van der Waals surface area contributed by atoms with Crippen molar-refractivity contribution in [2.75, 3.05) is 5.32 Å². The van der Waals surface area contributed by atoms with Crippen molar-refractivity contribution in [1.29, 1.82) is 0 Å². The average Bonchev–Trinajstić information content (AvgIpc) is 3.19. The van der Waals surface area contributed by atoms with Crippen molar-refractivity contribution < 1.29 is 4.79 Å². The lowest BCUT2D eigenvalue weighted by Gasteiger charge is -2.08. The van der Waals surface area contributed by atoms with Gasteiger partial charge in [-0.25, -0.2) is 14.8 Å². The first-order chi connectivity index (χ1) is 14.7. The van der Waals surface area contributed by atoms with Crippen LogP contribution in [0.2, 0.25) is 5.02 Å². The molecule has 31 heavy (non-hydrogen) atoms. The molecule has 8 nitrogen and oxygen atoms in total. The average molecular weight is 456 g/mol. The summed E-state index contributed by atoms with van der Waals surface area (Å²) < 4.78 is 2.24. The minimum absolute atomic E-state index is 0.0813. The molecule has 1 N–H and O–H groups in total. The Balaban J connectivity index is 1.56. The number of carbonyl (C=O) groups is 1. The highest BCUT2D eigenvalue weighted by Gasteiger charge is 2.15. The first-order valence-electron chi connectivity index (χ1n) is 9.32. The second kappa shape index (κ2) is 8.09. The van der Waals surface area contributed by atoms with E-state index < -0.39 is 17.2 Å². The summed E-state index contributed by atoms with van der Waals surface area (Å²) in [5, 5.41) is 4.12. The van der Waals surface area contributed by atoms with Gasteiger partial charge < -0.3 is 0 Å². The van der Waals surface area contributed by atoms with Gasteiger partial charge in [-0.15, -0.1) is 11.3 Å². The summed E-state index contributed by atoms with van der Waals surface area (Å²) in [6.07, 6.45) is 2.35. The van der Waals surface area contributed by atoms with Crippen molar-refractivity contribution in [3.63, 3.8) is 0 Å². The van der Waals surface area contributed by atoms with Gasteiger partial charge in [0.2, 0.25) is 0 Å². The minimum Gasteiger partial charge on any atom is -0.296 e. The molecule has 3 heterocycles. The van der Waals surface area contributed by atoms with Crippen molar-refractivity contribution in [1.82, 2.24) is 19.1 Å². The van der Waals surface area contributed by atoms with Crippen LogP contribution in [0.5, 0.6) is 0 Å². The van der Waals surface area contributed by atoms with Gasteiger partial charge in [-0.1, -0.05) is 23.7 Å². The number of hydrogen-bond acceptors (Lipinski definition) is 6. The number of nitrogens with one attached hydrogen (secondary N) is 1. The number of pyridine rings is 1. The molecule has 4 rings (SSSR count). The summed E-state index contributed by atoms with van der Waals surface area (Å²) in [5.41, 5.74) is 1.33. The summed E-state index contributed by atoms with van der Waals surface area (Å²) in [5.74, 6) is -0.477. The lowest BCUT2D eigenvalue weighted by Crippen LogP contribution is -2.37. The van der Waals surface area contributed by atoms with Crippen molar-refractivity contribution in [3.8, 4) is 0 Å². The highest BCUT2D eigenvalue weighted by molar-refractivity contribution is 7.15. The van der Waals surface area contributed by atoms with Gasteiger partial charge in [-0.3, -0.25) is 24.0 Å². The van der Waals surface area contributed by atoms with Crippen LogP contribution in [0.1, 0.15) is 26.5 Å². The third-order valence-electron chi connectivity index (χ3n) is 4.92. The second-order valence-electron chi connectivity index (χ2n) is 7.12.